The van der Waals surface area contributed by atoms with Crippen LogP contribution in [0.1, 0.15) is 37.3 Å². The topological polar surface area (TPSA) is 9.23 Å². The summed E-state index contributed by atoms with van der Waals surface area (Å²) in [6.45, 7) is 6.16. The molecule has 1 atom stereocenters. The lowest BCUT2D eigenvalue weighted by atomic mass is 9.74. The van der Waals surface area contributed by atoms with Gasteiger partial charge in [0, 0.05) is 5.41 Å². The Labute approximate surface area is 171 Å². The predicted molar refractivity (Wildman–Crippen MR) is 114 cm³/mol. The van der Waals surface area contributed by atoms with Crippen molar-refractivity contribution >= 4 is 0 Å². The fraction of sp³-hybridized carbons (Fsp3) is 0.231. The number of para-hydroxylation sites is 1. The third-order valence-corrected chi connectivity index (χ3v) is 5.50. The molecule has 0 amide bonds. The number of ether oxygens (including phenoxy) is 1. The van der Waals surface area contributed by atoms with E-state index < -0.39 is 0 Å². The van der Waals surface area contributed by atoms with Gasteiger partial charge in [0.2, 0.25) is 0 Å². The van der Waals surface area contributed by atoms with Crippen molar-refractivity contribution in [3.63, 3.8) is 0 Å². The van der Waals surface area contributed by atoms with Gasteiger partial charge in [-0.2, -0.15) is 0 Å². The Morgan fingerprint density at radius 3 is 2.34 bits per heavy atom. The average Bonchev–Trinajstić information content (AvgIpc) is 2.75. The van der Waals surface area contributed by atoms with Gasteiger partial charge in [-0.3, -0.25) is 0 Å². The fourth-order valence-corrected chi connectivity index (χ4v) is 3.68. The molecule has 1 nitrogen and oxygen atoms in total. The summed E-state index contributed by atoms with van der Waals surface area (Å²) in [4.78, 5) is 0. The Morgan fingerprint density at radius 1 is 0.966 bits per heavy atom. The second kappa shape index (κ2) is 9.51. The van der Waals surface area contributed by atoms with Gasteiger partial charge in [-0.15, -0.1) is 6.58 Å². The molecule has 1 unspecified atom stereocenters. The number of rotatable bonds is 9. The number of aryl methyl sites for hydroxylation is 1. The molecule has 0 aromatic heterocycles. The highest BCUT2D eigenvalue weighted by atomic mass is 19.1. The van der Waals surface area contributed by atoms with Crippen LogP contribution in [0.25, 0.3) is 0 Å². The number of halogens is 2. The van der Waals surface area contributed by atoms with E-state index in [9.17, 15) is 8.78 Å². The van der Waals surface area contributed by atoms with Crippen molar-refractivity contribution in [1.82, 2.24) is 0 Å². The van der Waals surface area contributed by atoms with Crippen LogP contribution in [0.3, 0.4) is 0 Å². The monoisotopic (exact) mass is 392 g/mol. The predicted octanol–water partition coefficient (Wildman–Crippen LogP) is 7.61. The summed E-state index contributed by atoms with van der Waals surface area (Å²) in [5.74, 6) is 0.229. The lowest BCUT2D eigenvalue weighted by molar-refractivity contribution is 0.439. The summed E-state index contributed by atoms with van der Waals surface area (Å²) >= 11 is 0. The van der Waals surface area contributed by atoms with E-state index in [0.29, 0.717) is 5.75 Å². The Bertz CT molecular complexity index is 935. The van der Waals surface area contributed by atoms with Crippen LogP contribution in [-0.2, 0) is 11.8 Å². The van der Waals surface area contributed by atoms with Crippen molar-refractivity contribution in [2.24, 2.45) is 0 Å². The summed E-state index contributed by atoms with van der Waals surface area (Å²) in [6, 6.07) is 20.9. The van der Waals surface area contributed by atoms with Gasteiger partial charge in [-0.05, 0) is 73.2 Å². The van der Waals surface area contributed by atoms with Gasteiger partial charge in [0.1, 0.15) is 11.6 Å². The Hall–Kier alpha value is -2.94. The third kappa shape index (κ3) is 5.11. The lowest BCUT2D eigenvalue weighted by Gasteiger charge is -2.30. The molecule has 0 aliphatic rings. The lowest BCUT2D eigenvalue weighted by Crippen LogP contribution is -2.22. The molecule has 0 aliphatic heterocycles. The van der Waals surface area contributed by atoms with Crippen LogP contribution < -0.4 is 4.74 Å². The van der Waals surface area contributed by atoms with Gasteiger partial charge in [-0.1, -0.05) is 49.4 Å². The van der Waals surface area contributed by atoms with Crippen molar-refractivity contribution in [3.05, 3.63) is 108 Å². The highest BCUT2D eigenvalue weighted by molar-refractivity contribution is 5.35. The SMILES string of the molecule is C=CC(CC)(CCCc1ccc(F)c(Oc2ccccc2)c1)c1ccc(F)cc1. The van der Waals surface area contributed by atoms with E-state index >= 15 is 0 Å². The van der Waals surface area contributed by atoms with E-state index in [-0.39, 0.29) is 22.8 Å². The van der Waals surface area contributed by atoms with Crippen LogP contribution in [0.2, 0.25) is 0 Å². The molecule has 3 aromatic rings. The number of benzene rings is 3. The summed E-state index contributed by atoms with van der Waals surface area (Å²) < 4.78 is 33.2. The molecule has 0 fully saturated rings. The van der Waals surface area contributed by atoms with Gasteiger partial charge in [0.25, 0.3) is 0 Å². The number of allylic oxidation sites excluding steroid dienone is 1. The van der Waals surface area contributed by atoms with Crippen molar-refractivity contribution in [2.45, 2.75) is 38.0 Å². The molecular formula is C26H26F2O. The molecule has 150 valence electrons. The Morgan fingerprint density at radius 2 is 1.69 bits per heavy atom. The molecule has 0 bridgehead atoms. The molecule has 3 aromatic carbocycles. The molecule has 3 heteroatoms. The molecule has 0 aliphatic carbocycles. The van der Waals surface area contributed by atoms with Gasteiger partial charge in [0.05, 0.1) is 0 Å². The molecule has 0 radical (unpaired) electrons. The van der Waals surface area contributed by atoms with Crippen LogP contribution in [-0.4, -0.2) is 0 Å². The minimum atomic E-state index is -0.377. The van der Waals surface area contributed by atoms with Gasteiger partial charge < -0.3 is 4.74 Å². The first kappa shape index (κ1) is 20.8. The summed E-state index contributed by atoms with van der Waals surface area (Å²) in [5.41, 5.74) is 1.89. The minimum Gasteiger partial charge on any atom is -0.454 e. The second-order valence-corrected chi connectivity index (χ2v) is 7.25. The molecular weight excluding hydrogens is 366 g/mol. The molecule has 0 heterocycles. The molecule has 3 rings (SSSR count). The smallest absolute Gasteiger partial charge is 0.165 e. The van der Waals surface area contributed by atoms with Crippen LogP contribution >= 0.6 is 0 Å². The first-order valence-corrected chi connectivity index (χ1v) is 9.97. The third-order valence-electron chi connectivity index (χ3n) is 5.50. The zero-order chi connectivity index (χ0) is 20.7. The standard InChI is InChI=1S/C26H26F2O/c1-3-26(4-2,21-13-15-22(27)16-14-21)18-8-9-20-12-17-24(28)25(19-20)29-23-10-6-5-7-11-23/h3,5-7,10-17,19H,1,4,8-9,18H2,2H3. The second-order valence-electron chi connectivity index (χ2n) is 7.25. The first-order valence-electron chi connectivity index (χ1n) is 9.97. The maximum Gasteiger partial charge on any atom is 0.165 e. The van der Waals surface area contributed by atoms with Crippen LogP contribution in [0.4, 0.5) is 8.78 Å². The summed E-state index contributed by atoms with van der Waals surface area (Å²) in [5, 5.41) is 0. The van der Waals surface area contributed by atoms with E-state index in [2.05, 4.69) is 13.5 Å². The van der Waals surface area contributed by atoms with Crippen LogP contribution in [0, 0.1) is 11.6 Å². The van der Waals surface area contributed by atoms with E-state index in [0.717, 1.165) is 36.8 Å². The normalized spacial score (nSPS) is 12.9. The van der Waals surface area contributed by atoms with Crippen LogP contribution in [0.5, 0.6) is 11.5 Å². The van der Waals surface area contributed by atoms with E-state index in [1.54, 1.807) is 24.3 Å². The number of hydrogen-bond acceptors (Lipinski definition) is 1. The maximum absolute atomic E-state index is 14.2. The largest absolute Gasteiger partial charge is 0.454 e. The van der Waals surface area contributed by atoms with E-state index in [4.69, 9.17) is 4.74 Å². The van der Waals surface area contributed by atoms with Gasteiger partial charge in [-0.25, -0.2) is 8.78 Å². The highest BCUT2D eigenvalue weighted by Gasteiger charge is 2.26. The van der Waals surface area contributed by atoms with Crippen molar-refractivity contribution in [3.8, 4) is 11.5 Å². The minimum absolute atomic E-state index is 0.197. The van der Waals surface area contributed by atoms with E-state index in [1.807, 2.05) is 36.4 Å². The summed E-state index contributed by atoms with van der Waals surface area (Å²) in [6.07, 6.45) is 5.42. The molecule has 0 saturated heterocycles. The zero-order valence-electron chi connectivity index (χ0n) is 16.7. The maximum atomic E-state index is 14.2. The van der Waals surface area contributed by atoms with Crippen molar-refractivity contribution in [1.29, 1.82) is 0 Å². The highest BCUT2D eigenvalue weighted by Crippen LogP contribution is 2.35. The van der Waals surface area contributed by atoms with E-state index in [1.165, 1.54) is 18.2 Å². The number of hydrogen-bond donors (Lipinski definition) is 0. The zero-order valence-corrected chi connectivity index (χ0v) is 16.7. The quantitative estimate of drug-likeness (QED) is 0.340. The van der Waals surface area contributed by atoms with Crippen molar-refractivity contribution < 1.29 is 13.5 Å². The molecule has 0 saturated carbocycles. The average molecular weight is 392 g/mol. The van der Waals surface area contributed by atoms with Gasteiger partial charge >= 0.3 is 0 Å². The molecule has 0 spiro atoms. The Kier molecular flexibility index (Phi) is 6.82. The molecule has 29 heavy (non-hydrogen) atoms. The fourth-order valence-electron chi connectivity index (χ4n) is 3.68. The first-order chi connectivity index (χ1) is 14.1. The molecule has 0 N–H and O–H groups in total. The Balaban J connectivity index is 1.69. The summed E-state index contributed by atoms with van der Waals surface area (Å²) in [7, 11) is 0. The van der Waals surface area contributed by atoms with Crippen LogP contribution in [0.15, 0.2) is 85.5 Å². The van der Waals surface area contributed by atoms with Gasteiger partial charge in [0.15, 0.2) is 11.6 Å². The van der Waals surface area contributed by atoms with Crippen molar-refractivity contribution in [2.75, 3.05) is 0 Å².